The topological polar surface area (TPSA) is 32.3 Å². The molecule has 0 fully saturated rings. The smallest absolute Gasteiger partial charge is 0.257 e. The first-order valence-electron chi connectivity index (χ1n) is 8.68. The number of benzene rings is 3. The molecular formula is C22H19ClN2O. The van der Waals surface area contributed by atoms with Crippen molar-refractivity contribution in [1.29, 1.82) is 0 Å². The minimum absolute atomic E-state index is 0.0419. The average Bonchev–Trinajstić information content (AvgIpc) is 2.68. The highest BCUT2D eigenvalue weighted by atomic mass is 35.5. The summed E-state index contributed by atoms with van der Waals surface area (Å²) in [4.78, 5) is 15.0. The molecule has 4 rings (SSSR count). The third-order valence-corrected chi connectivity index (χ3v) is 4.91. The van der Waals surface area contributed by atoms with E-state index in [0.717, 1.165) is 17.7 Å². The van der Waals surface area contributed by atoms with Gasteiger partial charge in [0.1, 0.15) is 6.17 Å². The van der Waals surface area contributed by atoms with Crippen LogP contribution in [0.25, 0.3) is 0 Å². The lowest BCUT2D eigenvalue weighted by Crippen LogP contribution is -2.44. The molecule has 1 unspecified atom stereocenters. The summed E-state index contributed by atoms with van der Waals surface area (Å²) in [6.45, 7) is 0.626. The molecule has 1 amide bonds. The van der Waals surface area contributed by atoms with E-state index in [1.165, 1.54) is 5.56 Å². The van der Waals surface area contributed by atoms with Crippen molar-refractivity contribution in [3.63, 3.8) is 0 Å². The van der Waals surface area contributed by atoms with E-state index in [1.54, 1.807) is 0 Å². The van der Waals surface area contributed by atoms with Gasteiger partial charge in [0.2, 0.25) is 0 Å². The van der Waals surface area contributed by atoms with Gasteiger partial charge in [0, 0.05) is 17.3 Å². The quantitative estimate of drug-likeness (QED) is 0.696. The van der Waals surface area contributed by atoms with Crippen LogP contribution < -0.4 is 5.32 Å². The SMILES string of the molecule is O=C1c2ccccc2NC(c2cccc(Cl)c2)N1CCc1ccccc1. The summed E-state index contributed by atoms with van der Waals surface area (Å²) < 4.78 is 0. The van der Waals surface area contributed by atoms with Crippen molar-refractivity contribution >= 4 is 23.2 Å². The summed E-state index contributed by atoms with van der Waals surface area (Å²) >= 11 is 6.19. The Labute approximate surface area is 158 Å². The molecule has 0 bridgehead atoms. The van der Waals surface area contributed by atoms with Crippen molar-refractivity contribution in [2.24, 2.45) is 0 Å². The molecule has 1 N–H and O–H groups in total. The van der Waals surface area contributed by atoms with Crippen molar-refractivity contribution in [3.8, 4) is 0 Å². The molecule has 0 spiro atoms. The van der Waals surface area contributed by atoms with Gasteiger partial charge in [-0.05, 0) is 41.8 Å². The number of nitrogens with zero attached hydrogens (tertiary/aromatic N) is 1. The van der Waals surface area contributed by atoms with E-state index >= 15 is 0 Å². The first kappa shape index (κ1) is 16.7. The van der Waals surface area contributed by atoms with Crippen molar-refractivity contribution < 1.29 is 4.79 Å². The molecule has 0 aromatic heterocycles. The Morgan fingerprint density at radius 1 is 0.923 bits per heavy atom. The second kappa shape index (κ2) is 7.22. The number of carbonyl (C=O) groups is 1. The molecule has 3 aromatic rings. The van der Waals surface area contributed by atoms with Crippen LogP contribution in [0.2, 0.25) is 5.02 Å². The molecule has 0 saturated heterocycles. The Bertz CT molecular complexity index is 926. The van der Waals surface area contributed by atoms with Gasteiger partial charge in [-0.1, -0.05) is 66.2 Å². The number of halogens is 1. The second-order valence-corrected chi connectivity index (χ2v) is 6.82. The average molecular weight is 363 g/mol. The van der Waals surface area contributed by atoms with Gasteiger partial charge in [0.25, 0.3) is 5.91 Å². The largest absolute Gasteiger partial charge is 0.361 e. The molecule has 1 aliphatic rings. The maximum atomic E-state index is 13.2. The number of para-hydroxylation sites is 1. The van der Waals surface area contributed by atoms with Crippen LogP contribution in [0.5, 0.6) is 0 Å². The highest BCUT2D eigenvalue weighted by Gasteiger charge is 2.32. The van der Waals surface area contributed by atoms with Gasteiger partial charge in [0.15, 0.2) is 0 Å². The maximum Gasteiger partial charge on any atom is 0.257 e. The number of nitrogens with one attached hydrogen (secondary N) is 1. The molecule has 1 aliphatic heterocycles. The van der Waals surface area contributed by atoms with Crippen molar-refractivity contribution in [1.82, 2.24) is 4.90 Å². The number of carbonyl (C=O) groups excluding carboxylic acids is 1. The number of fused-ring (bicyclic) bond motifs is 1. The van der Waals surface area contributed by atoms with Gasteiger partial charge in [-0.3, -0.25) is 4.79 Å². The van der Waals surface area contributed by atoms with Gasteiger partial charge in [0.05, 0.1) is 5.56 Å². The lowest BCUT2D eigenvalue weighted by Gasteiger charge is -2.38. The Balaban J connectivity index is 1.68. The summed E-state index contributed by atoms with van der Waals surface area (Å²) in [6, 6.07) is 25.5. The van der Waals surface area contributed by atoms with E-state index in [4.69, 9.17) is 11.6 Å². The minimum atomic E-state index is -0.236. The molecule has 3 aromatic carbocycles. The zero-order chi connectivity index (χ0) is 17.9. The van der Waals surface area contributed by atoms with Crippen LogP contribution in [0.1, 0.15) is 27.7 Å². The Morgan fingerprint density at radius 3 is 2.50 bits per heavy atom. The lowest BCUT2D eigenvalue weighted by atomic mass is 10.0. The molecule has 0 radical (unpaired) electrons. The molecule has 0 saturated carbocycles. The van der Waals surface area contributed by atoms with Gasteiger partial charge in [-0.15, -0.1) is 0 Å². The number of hydrogen-bond acceptors (Lipinski definition) is 2. The van der Waals surface area contributed by atoms with E-state index in [-0.39, 0.29) is 12.1 Å². The summed E-state index contributed by atoms with van der Waals surface area (Å²) in [6.07, 6.45) is 0.563. The van der Waals surface area contributed by atoms with E-state index in [1.807, 2.05) is 71.6 Å². The molecule has 130 valence electrons. The van der Waals surface area contributed by atoms with E-state index in [2.05, 4.69) is 17.4 Å². The summed E-state index contributed by atoms with van der Waals surface area (Å²) in [5.41, 5.74) is 3.76. The fraction of sp³-hybridized carbons (Fsp3) is 0.136. The van der Waals surface area contributed by atoms with Crippen molar-refractivity contribution in [2.75, 3.05) is 11.9 Å². The van der Waals surface area contributed by atoms with Gasteiger partial charge in [-0.2, -0.15) is 0 Å². The maximum absolute atomic E-state index is 13.2. The summed E-state index contributed by atoms with van der Waals surface area (Å²) in [5, 5.41) is 4.17. The third kappa shape index (κ3) is 3.31. The Kier molecular flexibility index (Phi) is 4.63. The predicted molar refractivity (Wildman–Crippen MR) is 105 cm³/mol. The minimum Gasteiger partial charge on any atom is -0.361 e. The first-order chi connectivity index (χ1) is 12.7. The summed E-state index contributed by atoms with van der Waals surface area (Å²) in [7, 11) is 0. The predicted octanol–water partition coefficient (Wildman–Crippen LogP) is 5.15. The lowest BCUT2D eigenvalue weighted by molar-refractivity contribution is 0.0685. The van der Waals surface area contributed by atoms with Gasteiger partial charge in [-0.25, -0.2) is 0 Å². The van der Waals surface area contributed by atoms with Gasteiger partial charge >= 0.3 is 0 Å². The van der Waals surface area contributed by atoms with Crippen LogP contribution in [0.3, 0.4) is 0 Å². The standard InChI is InChI=1S/C22H19ClN2O/c23-18-10-6-9-17(15-18)21-24-20-12-5-4-11-19(20)22(26)25(21)14-13-16-7-2-1-3-8-16/h1-12,15,21,24H,13-14H2. The van der Waals surface area contributed by atoms with Crippen LogP contribution in [0.15, 0.2) is 78.9 Å². The highest BCUT2D eigenvalue weighted by Crippen LogP contribution is 2.33. The fourth-order valence-corrected chi connectivity index (χ4v) is 3.56. The van der Waals surface area contributed by atoms with Gasteiger partial charge < -0.3 is 10.2 Å². The van der Waals surface area contributed by atoms with Crippen molar-refractivity contribution in [3.05, 3.63) is 101 Å². The second-order valence-electron chi connectivity index (χ2n) is 6.38. The zero-order valence-corrected chi connectivity index (χ0v) is 15.0. The molecular weight excluding hydrogens is 344 g/mol. The molecule has 1 atom stereocenters. The van der Waals surface area contributed by atoms with Crippen molar-refractivity contribution in [2.45, 2.75) is 12.6 Å². The highest BCUT2D eigenvalue weighted by molar-refractivity contribution is 6.30. The van der Waals surface area contributed by atoms with Crippen LogP contribution in [0.4, 0.5) is 5.69 Å². The van der Waals surface area contributed by atoms with Crippen LogP contribution in [-0.4, -0.2) is 17.4 Å². The first-order valence-corrected chi connectivity index (χ1v) is 9.06. The fourth-order valence-electron chi connectivity index (χ4n) is 3.36. The van der Waals surface area contributed by atoms with E-state index < -0.39 is 0 Å². The van der Waals surface area contributed by atoms with E-state index in [0.29, 0.717) is 17.1 Å². The third-order valence-electron chi connectivity index (χ3n) is 4.67. The van der Waals surface area contributed by atoms with Crippen LogP contribution in [-0.2, 0) is 6.42 Å². The normalized spacial score (nSPS) is 16.1. The molecule has 26 heavy (non-hydrogen) atoms. The number of amides is 1. The zero-order valence-electron chi connectivity index (χ0n) is 14.2. The molecule has 1 heterocycles. The number of anilines is 1. The number of rotatable bonds is 4. The molecule has 3 nitrogen and oxygen atoms in total. The van der Waals surface area contributed by atoms with Crippen LogP contribution >= 0.6 is 11.6 Å². The monoisotopic (exact) mass is 362 g/mol. The molecule has 0 aliphatic carbocycles. The summed E-state index contributed by atoms with van der Waals surface area (Å²) in [5.74, 6) is 0.0419. The van der Waals surface area contributed by atoms with Crippen LogP contribution in [0, 0.1) is 0 Å². The molecule has 4 heteroatoms. The van der Waals surface area contributed by atoms with E-state index in [9.17, 15) is 4.79 Å². The Hall–Kier alpha value is -2.78. The number of hydrogen-bond donors (Lipinski definition) is 1. The Morgan fingerprint density at radius 2 is 1.69 bits per heavy atom.